The molecule has 0 saturated heterocycles. The van der Waals surface area contributed by atoms with Gasteiger partial charge in [0.25, 0.3) is 0 Å². The van der Waals surface area contributed by atoms with E-state index < -0.39 is 17.0 Å². The zero-order valence-electron chi connectivity index (χ0n) is 17.1. The van der Waals surface area contributed by atoms with Gasteiger partial charge in [-0.25, -0.2) is 8.93 Å². The van der Waals surface area contributed by atoms with Crippen LogP contribution in [0.1, 0.15) is 11.1 Å². The molecule has 0 bridgehead atoms. The van der Waals surface area contributed by atoms with Crippen molar-refractivity contribution in [3.05, 3.63) is 95.0 Å². The van der Waals surface area contributed by atoms with Crippen LogP contribution in [-0.2, 0) is 17.5 Å². The fourth-order valence-corrected chi connectivity index (χ4v) is 4.98. The number of rotatable bonds is 10. The number of aryl methyl sites for hydroxylation is 1. The first kappa shape index (κ1) is 23.5. The Morgan fingerprint density at radius 3 is 2.35 bits per heavy atom. The number of nitriles is 1. The number of thioether (sulfide) groups is 1. The summed E-state index contributed by atoms with van der Waals surface area (Å²) in [6, 6.07) is 26.6. The molecule has 0 heterocycles. The van der Waals surface area contributed by atoms with Gasteiger partial charge < -0.3 is 5.32 Å². The second-order valence-corrected chi connectivity index (χ2v) is 9.82. The van der Waals surface area contributed by atoms with E-state index in [9.17, 15) is 9.47 Å². The van der Waals surface area contributed by atoms with Crippen molar-refractivity contribution in [1.82, 2.24) is 10.0 Å². The standard InChI is InChI=1S/C24H24ClN3OS2/c1-18-7-13-22(14-8-18)31(29)28-23(15-26)24(27-16-19-5-3-2-4-6-19)17-30-21-11-9-20(25)10-12-21/h2-14,23-24,27-28H,16-17H2,1H3/t23-,24+,31?/m0/s1. The van der Waals surface area contributed by atoms with Gasteiger partial charge in [0.2, 0.25) is 0 Å². The van der Waals surface area contributed by atoms with E-state index >= 15 is 0 Å². The van der Waals surface area contributed by atoms with Crippen LogP contribution in [-0.4, -0.2) is 22.0 Å². The Kier molecular flexibility index (Phi) is 9.13. The number of hydrogen-bond donors (Lipinski definition) is 2. The third-order valence-corrected chi connectivity index (χ3v) is 7.22. The van der Waals surface area contributed by atoms with Gasteiger partial charge in [0, 0.05) is 28.3 Å². The molecular formula is C24H24ClN3OS2. The summed E-state index contributed by atoms with van der Waals surface area (Å²) in [6.45, 7) is 2.60. The van der Waals surface area contributed by atoms with Gasteiger partial charge in [0.05, 0.1) is 11.0 Å². The molecule has 0 aliphatic carbocycles. The average Bonchev–Trinajstić information content (AvgIpc) is 2.80. The second-order valence-electron chi connectivity index (χ2n) is 7.04. The predicted octanol–water partition coefficient (Wildman–Crippen LogP) is 5.10. The Labute approximate surface area is 195 Å². The molecule has 3 aromatic carbocycles. The molecular weight excluding hydrogens is 446 g/mol. The second kappa shape index (κ2) is 12.0. The van der Waals surface area contributed by atoms with Gasteiger partial charge in [0.15, 0.2) is 0 Å². The van der Waals surface area contributed by atoms with Crippen LogP contribution in [0, 0.1) is 18.3 Å². The van der Waals surface area contributed by atoms with Gasteiger partial charge in [-0.1, -0.05) is 59.6 Å². The van der Waals surface area contributed by atoms with E-state index in [-0.39, 0.29) is 6.04 Å². The molecule has 3 atom stereocenters. The van der Waals surface area contributed by atoms with E-state index in [1.807, 2.05) is 85.8 Å². The predicted molar refractivity (Wildman–Crippen MR) is 129 cm³/mol. The molecule has 0 aliphatic heterocycles. The van der Waals surface area contributed by atoms with Crippen LogP contribution in [0.15, 0.2) is 88.7 Å². The van der Waals surface area contributed by atoms with E-state index in [0.717, 1.165) is 16.0 Å². The summed E-state index contributed by atoms with van der Waals surface area (Å²) >= 11 is 7.61. The van der Waals surface area contributed by atoms with Crippen molar-refractivity contribution in [2.75, 3.05) is 5.75 Å². The van der Waals surface area contributed by atoms with Crippen molar-refractivity contribution in [1.29, 1.82) is 5.26 Å². The third-order valence-electron chi connectivity index (χ3n) is 4.66. The minimum Gasteiger partial charge on any atom is -0.307 e. The third kappa shape index (κ3) is 7.49. The highest BCUT2D eigenvalue weighted by atomic mass is 35.5. The van der Waals surface area contributed by atoms with E-state index in [1.54, 1.807) is 11.8 Å². The van der Waals surface area contributed by atoms with Crippen LogP contribution >= 0.6 is 23.4 Å². The zero-order chi connectivity index (χ0) is 22.1. The average molecular weight is 470 g/mol. The Morgan fingerprint density at radius 2 is 1.71 bits per heavy atom. The normalized spacial score (nSPS) is 13.8. The molecule has 2 N–H and O–H groups in total. The fourth-order valence-electron chi connectivity index (χ4n) is 2.88. The van der Waals surface area contributed by atoms with Crippen LogP contribution in [0.4, 0.5) is 0 Å². The number of hydrogen-bond acceptors (Lipinski definition) is 4. The molecule has 0 radical (unpaired) electrons. The van der Waals surface area contributed by atoms with E-state index in [0.29, 0.717) is 22.2 Å². The Bertz CT molecular complexity index is 1020. The number of nitrogens with zero attached hydrogens (tertiary/aromatic N) is 1. The molecule has 0 aliphatic rings. The van der Waals surface area contributed by atoms with Crippen molar-refractivity contribution in [2.45, 2.75) is 35.3 Å². The molecule has 0 spiro atoms. The summed E-state index contributed by atoms with van der Waals surface area (Å²) in [6.07, 6.45) is 0. The lowest BCUT2D eigenvalue weighted by Crippen LogP contribution is -2.49. The first-order valence-electron chi connectivity index (χ1n) is 9.85. The lowest BCUT2D eigenvalue weighted by Gasteiger charge is -2.24. The highest BCUT2D eigenvalue weighted by Crippen LogP contribution is 2.22. The summed E-state index contributed by atoms with van der Waals surface area (Å²) in [5.41, 5.74) is 2.22. The van der Waals surface area contributed by atoms with Crippen LogP contribution in [0.5, 0.6) is 0 Å². The quantitative estimate of drug-likeness (QED) is 0.405. The smallest absolute Gasteiger partial charge is 0.126 e. The molecule has 3 aromatic rings. The summed E-state index contributed by atoms with van der Waals surface area (Å²) in [7, 11) is -1.48. The monoisotopic (exact) mass is 469 g/mol. The molecule has 0 amide bonds. The van der Waals surface area contributed by atoms with Crippen molar-refractivity contribution in [3.63, 3.8) is 0 Å². The zero-order valence-corrected chi connectivity index (χ0v) is 19.5. The molecule has 31 heavy (non-hydrogen) atoms. The van der Waals surface area contributed by atoms with E-state index in [2.05, 4.69) is 16.1 Å². The lowest BCUT2D eigenvalue weighted by molar-refractivity contribution is 0.495. The van der Waals surface area contributed by atoms with Gasteiger partial charge in [-0.2, -0.15) is 5.26 Å². The number of halogens is 1. The molecule has 0 aromatic heterocycles. The van der Waals surface area contributed by atoms with Crippen molar-refractivity contribution in [2.24, 2.45) is 0 Å². The minimum absolute atomic E-state index is 0.222. The Hall–Kier alpha value is -2.14. The first-order valence-corrected chi connectivity index (χ1v) is 12.4. The van der Waals surface area contributed by atoms with Crippen LogP contribution < -0.4 is 10.0 Å². The summed E-state index contributed by atoms with van der Waals surface area (Å²) in [5.74, 6) is 0.630. The van der Waals surface area contributed by atoms with Gasteiger partial charge in [-0.05, 0) is 48.9 Å². The highest BCUT2D eigenvalue weighted by molar-refractivity contribution is 7.99. The summed E-state index contributed by atoms with van der Waals surface area (Å²) < 4.78 is 15.8. The number of benzene rings is 3. The Morgan fingerprint density at radius 1 is 1.03 bits per heavy atom. The molecule has 0 fully saturated rings. The van der Waals surface area contributed by atoms with Crippen LogP contribution in [0.2, 0.25) is 5.02 Å². The van der Waals surface area contributed by atoms with Crippen LogP contribution in [0.3, 0.4) is 0 Å². The molecule has 7 heteroatoms. The van der Waals surface area contributed by atoms with E-state index in [1.165, 1.54) is 0 Å². The van der Waals surface area contributed by atoms with Gasteiger partial charge in [-0.3, -0.25) is 0 Å². The Balaban J connectivity index is 1.71. The molecule has 1 unspecified atom stereocenters. The maximum Gasteiger partial charge on any atom is 0.126 e. The van der Waals surface area contributed by atoms with Crippen molar-refractivity contribution < 1.29 is 4.21 Å². The molecule has 160 valence electrons. The minimum atomic E-state index is -1.48. The van der Waals surface area contributed by atoms with E-state index in [4.69, 9.17) is 11.6 Å². The SMILES string of the molecule is Cc1ccc(S(=O)N[C@@H](C#N)[C@@H](CSc2ccc(Cl)cc2)NCc2ccccc2)cc1. The maximum atomic E-state index is 12.8. The van der Waals surface area contributed by atoms with Gasteiger partial charge in [0.1, 0.15) is 17.0 Å². The molecule has 3 rings (SSSR count). The number of nitrogens with one attached hydrogen (secondary N) is 2. The lowest BCUT2D eigenvalue weighted by atomic mass is 10.1. The van der Waals surface area contributed by atoms with Crippen molar-refractivity contribution in [3.8, 4) is 6.07 Å². The topological polar surface area (TPSA) is 64.9 Å². The maximum absolute atomic E-state index is 12.8. The summed E-state index contributed by atoms with van der Waals surface area (Å²) in [5, 5.41) is 14.0. The summed E-state index contributed by atoms with van der Waals surface area (Å²) in [4.78, 5) is 1.71. The highest BCUT2D eigenvalue weighted by Gasteiger charge is 2.23. The first-order chi connectivity index (χ1) is 15.0. The fraction of sp³-hybridized carbons (Fsp3) is 0.208. The van der Waals surface area contributed by atoms with Gasteiger partial charge >= 0.3 is 0 Å². The van der Waals surface area contributed by atoms with Crippen molar-refractivity contribution >= 4 is 34.3 Å². The van der Waals surface area contributed by atoms with Gasteiger partial charge in [-0.15, -0.1) is 11.8 Å². The molecule has 0 saturated carbocycles. The largest absolute Gasteiger partial charge is 0.307 e. The van der Waals surface area contributed by atoms with Crippen LogP contribution in [0.25, 0.3) is 0 Å². The molecule has 4 nitrogen and oxygen atoms in total.